The molecule has 0 saturated carbocycles. The number of hydrogen-bond acceptors (Lipinski definition) is 4. The topological polar surface area (TPSA) is 62.6 Å². The van der Waals surface area contributed by atoms with E-state index < -0.39 is 10.0 Å². The van der Waals surface area contributed by atoms with Crippen molar-refractivity contribution in [3.05, 3.63) is 58.9 Å². The molecule has 0 aliphatic carbocycles. The van der Waals surface area contributed by atoms with Crippen LogP contribution in [-0.4, -0.2) is 66.4 Å². The third kappa shape index (κ3) is 5.84. The lowest BCUT2D eigenvalue weighted by Crippen LogP contribution is -2.50. The van der Waals surface area contributed by atoms with Crippen molar-refractivity contribution in [3.63, 3.8) is 0 Å². The van der Waals surface area contributed by atoms with Gasteiger partial charge in [0, 0.05) is 49.2 Å². The van der Waals surface area contributed by atoms with Crippen molar-refractivity contribution in [3.8, 4) is 0 Å². The molecule has 1 saturated heterocycles. The number of piperazine rings is 1. The Morgan fingerprint density at radius 2 is 1.68 bits per heavy atom. The zero-order valence-electron chi connectivity index (χ0n) is 19.2. The number of benzene rings is 1. The molecular weight excluding hydrogens is 410 g/mol. The molecular formula is C24H35N3O3S. The lowest BCUT2D eigenvalue weighted by molar-refractivity contribution is 0.0901. The minimum Gasteiger partial charge on any atom is -0.346 e. The molecule has 0 bridgehead atoms. The van der Waals surface area contributed by atoms with Gasteiger partial charge in [0.1, 0.15) is 0 Å². The van der Waals surface area contributed by atoms with Crippen LogP contribution in [0.1, 0.15) is 53.6 Å². The van der Waals surface area contributed by atoms with Crippen molar-refractivity contribution in [2.75, 3.05) is 38.5 Å². The molecule has 6 nitrogen and oxygen atoms in total. The van der Waals surface area contributed by atoms with Crippen molar-refractivity contribution < 1.29 is 13.2 Å². The Bertz CT molecular complexity index is 989. The van der Waals surface area contributed by atoms with E-state index in [1.807, 2.05) is 50.2 Å². The molecule has 7 heteroatoms. The molecule has 0 amide bonds. The van der Waals surface area contributed by atoms with Crippen LogP contribution < -0.4 is 0 Å². The second-order valence-corrected chi connectivity index (χ2v) is 10.8. The summed E-state index contributed by atoms with van der Waals surface area (Å²) in [6.45, 7) is 10.7. The number of Topliss-reactive ketones (excluding diaryl/α,β-unsaturated/α-hetero) is 1. The molecule has 0 unspecified atom stereocenters. The van der Waals surface area contributed by atoms with Crippen molar-refractivity contribution in [1.29, 1.82) is 0 Å². The van der Waals surface area contributed by atoms with E-state index in [4.69, 9.17) is 0 Å². The summed E-state index contributed by atoms with van der Waals surface area (Å²) in [5, 5.41) is 0. The Labute approximate surface area is 186 Å². The van der Waals surface area contributed by atoms with Crippen LogP contribution in [0.3, 0.4) is 0 Å². The molecule has 0 N–H and O–H groups in total. The van der Waals surface area contributed by atoms with Crippen molar-refractivity contribution in [2.24, 2.45) is 0 Å². The third-order valence-electron chi connectivity index (χ3n) is 6.10. The number of sulfonamides is 1. The largest absolute Gasteiger partial charge is 0.346 e. The number of aryl methyl sites for hydroxylation is 2. The molecule has 0 spiro atoms. The maximum atomic E-state index is 12.9. The number of ketones is 1. The van der Waals surface area contributed by atoms with Gasteiger partial charge in [0.05, 0.1) is 12.3 Å². The Morgan fingerprint density at radius 1 is 1.03 bits per heavy atom. The Morgan fingerprint density at radius 3 is 2.26 bits per heavy atom. The predicted molar refractivity (Wildman–Crippen MR) is 125 cm³/mol. The first-order valence-electron chi connectivity index (χ1n) is 11.1. The number of hydrogen-bond donors (Lipinski definition) is 0. The van der Waals surface area contributed by atoms with Gasteiger partial charge < -0.3 is 4.57 Å². The lowest BCUT2D eigenvalue weighted by atomic mass is 10.1. The fraction of sp³-hybridized carbons (Fsp3) is 0.542. The van der Waals surface area contributed by atoms with Crippen molar-refractivity contribution in [2.45, 2.75) is 46.6 Å². The summed E-state index contributed by atoms with van der Waals surface area (Å²) < 4.78 is 29.2. The predicted octanol–water partition coefficient (Wildman–Crippen LogP) is 3.45. The van der Waals surface area contributed by atoms with Crippen LogP contribution in [0, 0.1) is 13.8 Å². The van der Waals surface area contributed by atoms with E-state index in [0.717, 1.165) is 28.9 Å². The standard InChI is InChI=1S/C24H35N3O3S/c1-19(2)27-20(3)17-23(21(27)4)24(28)18-25-12-14-26(15-13-25)31(29,30)16-8-11-22-9-6-5-7-10-22/h5-7,9-10,17,19H,8,11-16,18H2,1-4H3. The van der Waals surface area contributed by atoms with Crippen LogP contribution in [0.25, 0.3) is 0 Å². The Balaban J connectivity index is 1.50. The second kappa shape index (κ2) is 10.1. The van der Waals surface area contributed by atoms with Gasteiger partial charge in [-0.25, -0.2) is 8.42 Å². The summed E-state index contributed by atoms with van der Waals surface area (Å²) in [6, 6.07) is 12.3. The first-order valence-corrected chi connectivity index (χ1v) is 12.8. The van der Waals surface area contributed by atoms with Gasteiger partial charge in [-0.1, -0.05) is 30.3 Å². The van der Waals surface area contributed by atoms with Gasteiger partial charge in [0.25, 0.3) is 0 Å². The summed E-state index contributed by atoms with van der Waals surface area (Å²) in [5.41, 5.74) is 4.06. The first-order chi connectivity index (χ1) is 14.7. The van der Waals surface area contributed by atoms with Gasteiger partial charge in [-0.3, -0.25) is 9.69 Å². The maximum absolute atomic E-state index is 12.9. The fourth-order valence-corrected chi connectivity index (χ4v) is 6.03. The molecule has 170 valence electrons. The molecule has 31 heavy (non-hydrogen) atoms. The summed E-state index contributed by atoms with van der Waals surface area (Å²) in [4.78, 5) is 15.0. The minimum atomic E-state index is -3.26. The van der Waals surface area contributed by atoms with Gasteiger partial charge in [0.2, 0.25) is 10.0 Å². The fourth-order valence-electron chi connectivity index (χ4n) is 4.54. The Hall–Kier alpha value is -1.96. The molecule has 0 radical (unpaired) electrons. The summed E-state index contributed by atoms with van der Waals surface area (Å²) in [6.07, 6.45) is 1.39. The zero-order chi connectivity index (χ0) is 22.6. The van der Waals surface area contributed by atoms with Gasteiger partial charge in [-0.05, 0) is 52.2 Å². The van der Waals surface area contributed by atoms with E-state index in [-0.39, 0.29) is 11.5 Å². The van der Waals surface area contributed by atoms with Crippen molar-refractivity contribution in [1.82, 2.24) is 13.8 Å². The van der Waals surface area contributed by atoms with E-state index >= 15 is 0 Å². The first kappa shape index (κ1) is 23.7. The molecule has 1 fully saturated rings. The van der Waals surface area contributed by atoms with Crippen LogP contribution >= 0.6 is 0 Å². The molecule has 0 atom stereocenters. The van der Waals surface area contributed by atoms with Crippen LogP contribution in [0.2, 0.25) is 0 Å². The number of carbonyl (C=O) groups is 1. The number of aromatic nitrogens is 1. The molecule has 1 aliphatic heterocycles. The van der Waals surface area contributed by atoms with E-state index in [1.54, 1.807) is 4.31 Å². The van der Waals surface area contributed by atoms with Crippen LogP contribution in [0.4, 0.5) is 0 Å². The van der Waals surface area contributed by atoms with Gasteiger partial charge in [0.15, 0.2) is 5.78 Å². The zero-order valence-corrected chi connectivity index (χ0v) is 20.0. The molecule has 2 aromatic rings. The minimum absolute atomic E-state index is 0.110. The highest BCUT2D eigenvalue weighted by molar-refractivity contribution is 7.89. The third-order valence-corrected chi connectivity index (χ3v) is 8.06. The molecule has 1 aromatic heterocycles. The monoisotopic (exact) mass is 445 g/mol. The number of nitrogens with zero attached hydrogens (tertiary/aromatic N) is 3. The van der Waals surface area contributed by atoms with Crippen LogP contribution in [0.5, 0.6) is 0 Å². The second-order valence-electron chi connectivity index (χ2n) is 8.75. The summed E-state index contributed by atoms with van der Waals surface area (Å²) >= 11 is 0. The van der Waals surface area contributed by atoms with Crippen LogP contribution in [-0.2, 0) is 16.4 Å². The molecule has 3 rings (SSSR count). The smallest absolute Gasteiger partial charge is 0.214 e. The molecule has 2 heterocycles. The van der Waals surface area contributed by atoms with Crippen LogP contribution in [0.15, 0.2) is 36.4 Å². The highest BCUT2D eigenvalue weighted by Gasteiger charge is 2.28. The van der Waals surface area contributed by atoms with Gasteiger partial charge in [-0.15, -0.1) is 0 Å². The number of rotatable bonds is 9. The molecule has 1 aromatic carbocycles. The van der Waals surface area contributed by atoms with Gasteiger partial charge in [-0.2, -0.15) is 4.31 Å². The normalized spacial score (nSPS) is 16.2. The van der Waals surface area contributed by atoms with E-state index in [2.05, 4.69) is 23.3 Å². The van der Waals surface area contributed by atoms with E-state index in [0.29, 0.717) is 45.2 Å². The molecule has 1 aliphatic rings. The quantitative estimate of drug-likeness (QED) is 0.555. The van der Waals surface area contributed by atoms with Gasteiger partial charge >= 0.3 is 0 Å². The average molecular weight is 446 g/mol. The van der Waals surface area contributed by atoms with E-state index in [9.17, 15) is 13.2 Å². The lowest BCUT2D eigenvalue weighted by Gasteiger charge is -2.33. The highest BCUT2D eigenvalue weighted by Crippen LogP contribution is 2.21. The van der Waals surface area contributed by atoms with E-state index in [1.165, 1.54) is 0 Å². The van der Waals surface area contributed by atoms with Crippen molar-refractivity contribution >= 4 is 15.8 Å². The Kier molecular flexibility index (Phi) is 7.73. The SMILES string of the molecule is Cc1cc(C(=O)CN2CCN(S(=O)(=O)CCCc3ccccc3)CC2)c(C)n1C(C)C. The highest BCUT2D eigenvalue weighted by atomic mass is 32.2. The summed E-state index contributed by atoms with van der Waals surface area (Å²) in [5.74, 6) is 0.279. The average Bonchev–Trinajstić information content (AvgIpc) is 3.03. The summed E-state index contributed by atoms with van der Waals surface area (Å²) in [7, 11) is -3.26. The maximum Gasteiger partial charge on any atom is 0.214 e. The number of carbonyl (C=O) groups excluding carboxylic acids is 1.